The van der Waals surface area contributed by atoms with Crippen LogP contribution in [0.15, 0.2) is 96.4 Å². The second kappa shape index (κ2) is 10.1. The Labute approximate surface area is 219 Å². The number of aromatic nitrogens is 1. The largest absolute Gasteiger partial charge is 0.491 e. The van der Waals surface area contributed by atoms with Crippen LogP contribution >= 0.6 is 11.3 Å². The number of carbonyl (C=O) groups is 1. The summed E-state index contributed by atoms with van der Waals surface area (Å²) in [6, 6.07) is 30.3. The van der Waals surface area contributed by atoms with E-state index in [4.69, 9.17) is 14.5 Å². The first kappa shape index (κ1) is 23.3. The van der Waals surface area contributed by atoms with Gasteiger partial charge in [0, 0.05) is 21.9 Å². The van der Waals surface area contributed by atoms with Gasteiger partial charge in [-0.1, -0.05) is 73.7 Å². The Kier molecular flexibility index (Phi) is 6.33. The van der Waals surface area contributed by atoms with E-state index in [2.05, 4.69) is 35.7 Å². The Morgan fingerprint density at radius 1 is 0.946 bits per heavy atom. The summed E-state index contributed by atoms with van der Waals surface area (Å²) in [4.78, 5) is 20.0. The molecule has 0 spiro atoms. The molecule has 0 bridgehead atoms. The van der Waals surface area contributed by atoms with Crippen molar-refractivity contribution in [3.05, 3.63) is 96.4 Å². The third-order valence-electron chi connectivity index (χ3n) is 6.57. The smallest absolute Gasteiger partial charge is 0.268 e. The zero-order chi connectivity index (χ0) is 25.2. The molecule has 184 valence electrons. The van der Waals surface area contributed by atoms with Gasteiger partial charge in [-0.2, -0.15) is 0 Å². The lowest BCUT2D eigenvalue weighted by atomic mass is 10.1. The maximum absolute atomic E-state index is 13.3. The maximum Gasteiger partial charge on any atom is 0.268 e. The third kappa shape index (κ3) is 4.56. The Balaban J connectivity index is 1.27. The Bertz CT molecular complexity index is 1560. The molecule has 1 atom stereocenters. The molecule has 2 heterocycles. The van der Waals surface area contributed by atoms with Crippen LogP contribution < -0.4 is 14.4 Å². The summed E-state index contributed by atoms with van der Waals surface area (Å²) in [6.07, 6.45) is 0.104. The van der Waals surface area contributed by atoms with Crippen LogP contribution in [0.25, 0.3) is 32.6 Å². The molecule has 0 radical (unpaired) electrons. The minimum Gasteiger partial charge on any atom is -0.491 e. The van der Waals surface area contributed by atoms with Gasteiger partial charge in [-0.3, -0.25) is 4.79 Å². The SMILES string of the molecule is CCC1Oc2ccc(-c3csc(-c4ccccc4)n3)cc2N(CCOc2cccc3ccccc23)C1=O. The fraction of sp³-hybridized carbons (Fsp3) is 0.161. The molecule has 1 aliphatic heterocycles. The molecule has 0 fully saturated rings. The summed E-state index contributed by atoms with van der Waals surface area (Å²) < 4.78 is 12.2. The van der Waals surface area contributed by atoms with Gasteiger partial charge in [-0.15, -0.1) is 11.3 Å². The molecule has 5 aromatic rings. The van der Waals surface area contributed by atoms with Gasteiger partial charge in [0.2, 0.25) is 0 Å². The van der Waals surface area contributed by atoms with Gasteiger partial charge in [0.15, 0.2) is 6.10 Å². The summed E-state index contributed by atoms with van der Waals surface area (Å²) in [5.74, 6) is 1.48. The van der Waals surface area contributed by atoms with E-state index in [1.165, 1.54) is 0 Å². The monoisotopic (exact) mass is 506 g/mol. The van der Waals surface area contributed by atoms with E-state index >= 15 is 0 Å². The number of amides is 1. The van der Waals surface area contributed by atoms with E-state index in [0.717, 1.165) is 44.0 Å². The molecule has 1 unspecified atom stereocenters. The summed E-state index contributed by atoms with van der Waals surface area (Å²) in [5.41, 5.74) is 3.67. The lowest BCUT2D eigenvalue weighted by molar-refractivity contribution is -0.126. The topological polar surface area (TPSA) is 51.7 Å². The molecule has 1 aliphatic rings. The number of thiazole rings is 1. The Hall–Kier alpha value is -4.16. The number of rotatable bonds is 7. The lowest BCUT2D eigenvalue weighted by Crippen LogP contribution is -2.47. The number of hydrogen-bond acceptors (Lipinski definition) is 5. The van der Waals surface area contributed by atoms with Gasteiger partial charge in [-0.05, 0) is 36.1 Å². The average Bonchev–Trinajstić information content (AvgIpc) is 3.45. The van der Waals surface area contributed by atoms with Gasteiger partial charge in [0.25, 0.3) is 5.91 Å². The quantitative estimate of drug-likeness (QED) is 0.234. The van der Waals surface area contributed by atoms with Crippen LogP contribution in [0, 0.1) is 0 Å². The highest BCUT2D eigenvalue weighted by Gasteiger charge is 2.33. The molecule has 0 saturated carbocycles. The van der Waals surface area contributed by atoms with Crippen molar-refractivity contribution in [3.8, 4) is 33.3 Å². The zero-order valence-corrected chi connectivity index (χ0v) is 21.3. The standard InChI is InChI=1S/C31H26N2O3S/c1-2-27-31(34)33(17-18-35-28-14-8-12-21-9-6-7-13-24(21)28)26-19-23(15-16-29(26)36-27)25-20-37-30(32-25)22-10-4-3-5-11-22/h3-16,19-20,27H,2,17-18H2,1H3. The Morgan fingerprint density at radius 3 is 2.62 bits per heavy atom. The van der Waals surface area contributed by atoms with Gasteiger partial charge in [0.1, 0.15) is 23.1 Å². The van der Waals surface area contributed by atoms with E-state index in [0.29, 0.717) is 25.3 Å². The highest BCUT2D eigenvalue weighted by molar-refractivity contribution is 7.13. The van der Waals surface area contributed by atoms with Crippen molar-refractivity contribution < 1.29 is 14.3 Å². The molecule has 4 aromatic carbocycles. The zero-order valence-electron chi connectivity index (χ0n) is 20.5. The maximum atomic E-state index is 13.3. The first-order valence-corrected chi connectivity index (χ1v) is 13.3. The molecule has 0 aliphatic carbocycles. The second-order valence-electron chi connectivity index (χ2n) is 8.92. The van der Waals surface area contributed by atoms with Gasteiger partial charge in [0.05, 0.1) is 17.9 Å². The summed E-state index contributed by atoms with van der Waals surface area (Å²) in [6.45, 7) is 2.76. The van der Waals surface area contributed by atoms with Crippen molar-refractivity contribution >= 4 is 33.7 Å². The van der Waals surface area contributed by atoms with Crippen LogP contribution in [-0.4, -0.2) is 30.1 Å². The number of carbonyl (C=O) groups excluding carboxylic acids is 1. The number of fused-ring (bicyclic) bond motifs is 2. The first-order chi connectivity index (χ1) is 18.2. The molecule has 1 amide bonds. The fourth-order valence-electron chi connectivity index (χ4n) is 4.66. The molecule has 1 aromatic heterocycles. The van der Waals surface area contributed by atoms with Crippen molar-refractivity contribution in [2.75, 3.05) is 18.1 Å². The van der Waals surface area contributed by atoms with Crippen molar-refractivity contribution in [2.45, 2.75) is 19.4 Å². The molecule has 0 saturated heterocycles. The van der Waals surface area contributed by atoms with Crippen molar-refractivity contribution in [1.82, 2.24) is 4.98 Å². The summed E-state index contributed by atoms with van der Waals surface area (Å²) in [5, 5.41) is 5.21. The predicted molar refractivity (Wildman–Crippen MR) is 149 cm³/mol. The molecule has 6 heteroatoms. The lowest BCUT2D eigenvalue weighted by Gasteiger charge is -2.34. The summed E-state index contributed by atoms with van der Waals surface area (Å²) in [7, 11) is 0. The van der Waals surface area contributed by atoms with Gasteiger partial charge in [-0.25, -0.2) is 4.98 Å². The van der Waals surface area contributed by atoms with Gasteiger partial charge >= 0.3 is 0 Å². The third-order valence-corrected chi connectivity index (χ3v) is 7.47. The highest BCUT2D eigenvalue weighted by atomic mass is 32.1. The fourth-order valence-corrected chi connectivity index (χ4v) is 5.50. The number of ether oxygens (including phenoxy) is 2. The van der Waals surface area contributed by atoms with Crippen molar-refractivity contribution in [3.63, 3.8) is 0 Å². The van der Waals surface area contributed by atoms with Gasteiger partial charge < -0.3 is 14.4 Å². The van der Waals surface area contributed by atoms with Crippen LogP contribution in [-0.2, 0) is 4.79 Å². The minimum atomic E-state index is -0.500. The first-order valence-electron chi connectivity index (χ1n) is 12.5. The van der Waals surface area contributed by atoms with Crippen LogP contribution in [0.5, 0.6) is 11.5 Å². The van der Waals surface area contributed by atoms with Crippen LogP contribution in [0.2, 0.25) is 0 Å². The van der Waals surface area contributed by atoms with Crippen molar-refractivity contribution in [2.24, 2.45) is 0 Å². The van der Waals surface area contributed by atoms with E-state index in [1.54, 1.807) is 16.2 Å². The van der Waals surface area contributed by atoms with E-state index in [1.807, 2.05) is 67.6 Å². The Morgan fingerprint density at radius 2 is 1.76 bits per heavy atom. The molecule has 5 nitrogen and oxygen atoms in total. The molecule has 0 N–H and O–H groups in total. The molecule has 6 rings (SSSR count). The molecular weight excluding hydrogens is 480 g/mol. The number of anilines is 1. The second-order valence-corrected chi connectivity index (χ2v) is 9.77. The number of hydrogen-bond donors (Lipinski definition) is 0. The van der Waals surface area contributed by atoms with E-state index in [9.17, 15) is 4.79 Å². The normalized spacial score (nSPS) is 14.9. The van der Waals surface area contributed by atoms with E-state index < -0.39 is 6.10 Å². The number of benzene rings is 4. The minimum absolute atomic E-state index is 0.0445. The van der Waals surface area contributed by atoms with Crippen LogP contribution in [0.4, 0.5) is 5.69 Å². The molecule has 37 heavy (non-hydrogen) atoms. The predicted octanol–water partition coefficient (Wildman–Crippen LogP) is 7.21. The highest BCUT2D eigenvalue weighted by Crippen LogP contribution is 2.39. The average molecular weight is 507 g/mol. The van der Waals surface area contributed by atoms with E-state index in [-0.39, 0.29) is 5.91 Å². The van der Waals surface area contributed by atoms with Crippen molar-refractivity contribution in [1.29, 1.82) is 0 Å². The summed E-state index contributed by atoms with van der Waals surface area (Å²) >= 11 is 1.61. The van der Waals surface area contributed by atoms with Crippen LogP contribution in [0.3, 0.4) is 0 Å². The number of nitrogens with zero attached hydrogens (tertiary/aromatic N) is 2. The molecular formula is C31H26N2O3S. The van der Waals surface area contributed by atoms with Crippen LogP contribution in [0.1, 0.15) is 13.3 Å².